The average Bonchev–Trinajstić information content (AvgIpc) is 2.58. The van der Waals surface area contributed by atoms with Crippen molar-refractivity contribution in [2.24, 2.45) is 0 Å². The molecule has 0 atom stereocenters. The number of esters is 1. The lowest BCUT2D eigenvalue weighted by Crippen LogP contribution is -2.09. The van der Waals surface area contributed by atoms with E-state index >= 15 is 0 Å². The third-order valence-corrected chi connectivity index (χ3v) is 3.76. The summed E-state index contributed by atoms with van der Waals surface area (Å²) in [5, 5.41) is 2.03. The molecule has 0 N–H and O–H groups in total. The predicted molar refractivity (Wildman–Crippen MR) is 60.3 cm³/mol. The van der Waals surface area contributed by atoms with E-state index in [-0.39, 0.29) is 12.1 Å². The third-order valence-electron chi connectivity index (χ3n) is 1.68. The fourth-order valence-corrected chi connectivity index (χ4v) is 3.13. The minimum atomic E-state index is -0.214. The van der Waals surface area contributed by atoms with Crippen LogP contribution in [-0.2, 0) is 4.74 Å². The molecule has 2 aromatic rings. The molecule has 4 heteroatoms. The topological polar surface area (TPSA) is 26.3 Å². The molecular weight excluding hydrogens is 216 g/mol. The van der Waals surface area contributed by atoms with E-state index in [0.29, 0.717) is 4.88 Å². The van der Waals surface area contributed by atoms with Crippen molar-refractivity contribution in [3.63, 3.8) is 0 Å². The lowest BCUT2D eigenvalue weighted by Gasteiger charge is -2.05. The van der Waals surface area contributed by atoms with E-state index < -0.39 is 0 Å². The Kier molecular flexibility index (Phi) is 2.56. The second kappa shape index (κ2) is 3.71. The van der Waals surface area contributed by atoms with Gasteiger partial charge in [0.05, 0.1) is 6.10 Å². The van der Waals surface area contributed by atoms with Crippen LogP contribution in [0.4, 0.5) is 0 Å². The Morgan fingerprint density at radius 2 is 2.21 bits per heavy atom. The minimum absolute atomic E-state index is 0.0531. The molecule has 0 bridgehead atoms. The number of fused-ring (bicyclic) bond motifs is 1. The molecular formula is C10H10O2S2. The predicted octanol–water partition coefficient (Wildman–Crippen LogP) is 3.53. The van der Waals surface area contributed by atoms with Crippen molar-refractivity contribution >= 4 is 38.0 Å². The highest BCUT2D eigenvalue weighted by Crippen LogP contribution is 2.30. The molecule has 2 aromatic heterocycles. The fraction of sp³-hybridized carbons (Fsp3) is 0.300. The zero-order valence-electron chi connectivity index (χ0n) is 7.94. The summed E-state index contributed by atoms with van der Waals surface area (Å²) in [6, 6.07) is 3.92. The second-order valence-corrected chi connectivity index (χ2v) is 5.25. The Morgan fingerprint density at radius 1 is 1.43 bits per heavy atom. The molecule has 74 valence electrons. The van der Waals surface area contributed by atoms with Crippen molar-refractivity contribution in [1.29, 1.82) is 0 Å². The Bertz CT molecular complexity index is 425. The lowest BCUT2D eigenvalue weighted by molar-refractivity contribution is 0.0384. The molecule has 0 unspecified atom stereocenters. The molecule has 0 saturated carbocycles. The monoisotopic (exact) mass is 226 g/mol. The first-order valence-corrected chi connectivity index (χ1v) is 6.04. The van der Waals surface area contributed by atoms with Gasteiger partial charge in [0.15, 0.2) is 0 Å². The fourth-order valence-electron chi connectivity index (χ4n) is 1.14. The van der Waals surface area contributed by atoms with Gasteiger partial charge in [0.2, 0.25) is 0 Å². The van der Waals surface area contributed by atoms with E-state index in [4.69, 9.17) is 4.74 Å². The van der Waals surface area contributed by atoms with Gasteiger partial charge >= 0.3 is 5.97 Å². The van der Waals surface area contributed by atoms with Crippen LogP contribution in [0.3, 0.4) is 0 Å². The summed E-state index contributed by atoms with van der Waals surface area (Å²) in [7, 11) is 0. The summed E-state index contributed by atoms with van der Waals surface area (Å²) >= 11 is 3.14. The molecule has 0 spiro atoms. The van der Waals surface area contributed by atoms with Gasteiger partial charge in [-0.1, -0.05) is 0 Å². The van der Waals surface area contributed by atoms with Crippen LogP contribution >= 0.6 is 22.7 Å². The number of thiophene rings is 2. The first-order chi connectivity index (χ1) is 6.66. The molecule has 0 aliphatic carbocycles. The molecule has 14 heavy (non-hydrogen) atoms. The van der Waals surface area contributed by atoms with Gasteiger partial charge in [-0.2, -0.15) is 0 Å². The highest BCUT2D eigenvalue weighted by atomic mass is 32.1. The van der Waals surface area contributed by atoms with Gasteiger partial charge in [0.25, 0.3) is 0 Å². The highest BCUT2D eigenvalue weighted by Gasteiger charge is 2.13. The van der Waals surface area contributed by atoms with Crippen LogP contribution < -0.4 is 0 Å². The lowest BCUT2D eigenvalue weighted by atomic mass is 10.4. The Morgan fingerprint density at radius 3 is 2.86 bits per heavy atom. The summed E-state index contributed by atoms with van der Waals surface area (Å²) in [4.78, 5) is 12.2. The SMILES string of the molecule is CC(C)OC(=O)c1cc2sccc2s1. The maximum atomic E-state index is 11.5. The Hall–Kier alpha value is -0.870. The van der Waals surface area contributed by atoms with Gasteiger partial charge in [-0.05, 0) is 31.4 Å². The standard InChI is InChI=1S/C10H10O2S2/c1-6(2)12-10(11)9-5-8-7(14-9)3-4-13-8/h3-6H,1-2H3. The highest BCUT2D eigenvalue weighted by molar-refractivity contribution is 7.27. The molecule has 0 aromatic carbocycles. The largest absolute Gasteiger partial charge is 0.459 e. The molecule has 0 radical (unpaired) electrons. The van der Waals surface area contributed by atoms with Crippen molar-refractivity contribution in [2.45, 2.75) is 20.0 Å². The second-order valence-electron chi connectivity index (χ2n) is 3.21. The maximum absolute atomic E-state index is 11.5. The van der Waals surface area contributed by atoms with Gasteiger partial charge in [-0.25, -0.2) is 4.79 Å². The van der Waals surface area contributed by atoms with E-state index in [1.807, 2.05) is 31.4 Å². The van der Waals surface area contributed by atoms with E-state index in [9.17, 15) is 4.79 Å². The smallest absolute Gasteiger partial charge is 0.348 e. The first kappa shape index (κ1) is 9.68. The van der Waals surface area contributed by atoms with E-state index in [2.05, 4.69) is 0 Å². The molecule has 0 aliphatic rings. The molecule has 0 amide bonds. The van der Waals surface area contributed by atoms with Gasteiger partial charge in [-0.3, -0.25) is 0 Å². The van der Waals surface area contributed by atoms with Crippen molar-refractivity contribution < 1.29 is 9.53 Å². The normalized spacial score (nSPS) is 11.1. The van der Waals surface area contributed by atoms with E-state index in [1.54, 1.807) is 11.3 Å². The zero-order valence-corrected chi connectivity index (χ0v) is 9.58. The number of ether oxygens (including phenoxy) is 1. The van der Waals surface area contributed by atoms with Crippen molar-refractivity contribution in [2.75, 3.05) is 0 Å². The molecule has 2 nitrogen and oxygen atoms in total. The summed E-state index contributed by atoms with van der Waals surface area (Å²) in [5.41, 5.74) is 0. The molecule has 2 heterocycles. The number of hydrogen-bond donors (Lipinski definition) is 0. The minimum Gasteiger partial charge on any atom is -0.459 e. The van der Waals surface area contributed by atoms with Crippen LogP contribution in [0, 0.1) is 0 Å². The molecule has 2 rings (SSSR count). The van der Waals surface area contributed by atoms with Crippen LogP contribution in [-0.4, -0.2) is 12.1 Å². The maximum Gasteiger partial charge on any atom is 0.348 e. The number of carbonyl (C=O) groups is 1. The van der Waals surface area contributed by atoms with Crippen LogP contribution in [0.15, 0.2) is 17.5 Å². The van der Waals surface area contributed by atoms with Gasteiger partial charge in [0, 0.05) is 9.40 Å². The average molecular weight is 226 g/mol. The quantitative estimate of drug-likeness (QED) is 0.732. The molecule has 0 fully saturated rings. The van der Waals surface area contributed by atoms with Crippen molar-refractivity contribution in [3.8, 4) is 0 Å². The van der Waals surface area contributed by atoms with Crippen LogP contribution in [0.25, 0.3) is 9.40 Å². The zero-order chi connectivity index (χ0) is 10.1. The van der Waals surface area contributed by atoms with E-state index in [0.717, 1.165) is 9.40 Å². The van der Waals surface area contributed by atoms with Crippen molar-refractivity contribution in [3.05, 3.63) is 22.4 Å². The number of rotatable bonds is 2. The van der Waals surface area contributed by atoms with E-state index in [1.165, 1.54) is 11.3 Å². The van der Waals surface area contributed by atoms with Crippen molar-refractivity contribution in [1.82, 2.24) is 0 Å². The summed E-state index contributed by atoms with van der Waals surface area (Å²) < 4.78 is 7.43. The van der Waals surface area contributed by atoms with Gasteiger partial charge in [0.1, 0.15) is 4.88 Å². The van der Waals surface area contributed by atoms with Gasteiger partial charge in [-0.15, -0.1) is 22.7 Å². The van der Waals surface area contributed by atoms with Crippen LogP contribution in [0.1, 0.15) is 23.5 Å². The Balaban J connectivity index is 2.26. The summed E-state index contributed by atoms with van der Waals surface area (Å²) in [5.74, 6) is -0.214. The van der Waals surface area contributed by atoms with Gasteiger partial charge < -0.3 is 4.74 Å². The van der Waals surface area contributed by atoms with Crippen LogP contribution in [0.5, 0.6) is 0 Å². The first-order valence-electron chi connectivity index (χ1n) is 4.35. The summed E-state index contributed by atoms with van der Waals surface area (Å²) in [6.07, 6.45) is -0.0531. The summed E-state index contributed by atoms with van der Waals surface area (Å²) in [6.45, 7) is 3.71. The third kappa shape index (κ3) is 1.81. The molecule has 0 aliphatic heterocycles. The number of carbonyl (C=O) groups excluding carboxylic acids is 1. The Labute approximate surface area is 90.1 Å². The molecule has 0 saturated heterocycles. The number of hydrogen-bond acceptors (Lipinski definition) is 4. The van der Waals surface area contributed by atoms with Crippen LogP contribution in [0.2, 0.25) is 0 Å².